The van der Waals surface area contributed by atoms with Gasteiger partial charge in [-0.15, -0.1) is 0 Å². The van der Waals surface area contributed by atoms with E-state index in [2.05, 4.69) is 5.32 Å². The number of hydrogen-bond acceptors (Lipinski definition) is 5. The maximum absolute atomic E-state index is 12.6. The number of carbonyl (C=O) groups excluding carboxylic acids is 1. The standard InChI is InChI=1S/C25H19ClN2O5/c1-15(10-25(29)27-17-8-9-21(26)22(11-17)28(30)31)18-12-19-20(16-6-4-3-5-7-16)14-33-24(19)13-23(18)32-2/h3-14H,1-2H3,(H,27,29)/b15-10+. The number of hydrogen-bond donors (Lipinski definition) is 1. The Hall–Kier alpha value is -4.10. The van der Waals surface area contributed by atoms with Crippen LogP contribution in [0.15, 0.2) is 77.4 Å². The number of anilines is 1. The molecule has 1 heterocycles. The topological polar surface area (TPSA) is 94.6 Å². The average Bonchev–Trinajstić information content (AvgIpc) is 3.22. The number of halogens is 1. The first-order valence-corrected chi connectivity index (χ1v) is 10.3. The molecule has 0 saturated carbocycles. The molecule has 0 aliphatic carbocycles. The molecule has 0 unspecified atom stereocenters. The molecule has 0 aliphatic heterocycles. The maximum Gasteiger partial charge on any atom is 0.289 e. The summed E-state index contributed by atoms with van der Waals surface area (Å²) in [5, 5.41) is 14.6. The molecule has 0 atom stereocenters. The lowest BCUT2D eigenvalue weighted by Gasteiger charge is -2.10. The van der Waals surface area contributed by atoms with E-state index in [9.17, 15) is 14.9 Å². The van der Waals surface area contributed by atoms with Crippen LogP contribution in [0.25, 0.3) is 27.7 Å². The summed E-state index contributed by atoms with van der Waals surface area (Å²) in [4.78, 5) is 23.1. The van der Waals surface area contributed by atoms with E-state index in [0.717, 1.165) is 22.1 Å². The minimum absolute atomic E-state index is 0.00269. The van der Waals surface area contributed by atoms with E-state index in [1.165, 1.54) is 24.3 Å². The zero-order valence-corrected chi connectivity index (χ0v) is 18.6. The molecule has 0 spiro atoms. The van der Waals surface area contributed by atoms with Crippen molar-refractivity contribution in [3.63, 3.8) is 0 Å². The maximum atomic E-state index is 12.6. The molecule has 1 amide bonds. The number of furan rings is 1. The van der Waals surface area contributed by atoms with Gasteiger partial charge in [-0.05, 0) is 36.3 Å². The minimum atomic E-state index is -0.603. The Bertz CT molecular complexity index is 1390. The Labute approximate surface area is 194 Å². The van der Waals surface area contributed by atoms with Crippen molar-refractivity contribution in [3.05, 3.63) is 93.7 Å². The number of nitrogens with one attached hydrogen (secondary N) is 1. The van der Waals surface area contributed by atoms with Gasteiger partial charge in [-0.1, -0.05) is 41.9 Å². The molecule has 1 aromatic heterocycles. The highest BCUT2D eigenvalue weighted by molar-refractivity contribution is 6.32. The number of methoxy groups -OCH3 is 1. The van der Waals surface area contributed by atoms with Crippen molar-refractivity contribution in [2.45, 2.75) is 6.92 Å². The fourth-order valence-corrected chi connectivity index (χ4v) is 3.74. The number of amides is 1. The number of ether oxygens (including phenoxy) is 1. The predicted octanol–water partition coefficient (Wildman–Crippen LogP) is 6.71. The van der Waals surface area contributed by atoms with Crippen LogP contribution in [0.5, 0.6) is 5.75 Å². The molecule has 7 nitrogen and oxygen atoms in total. The molecule has 0 saturated heterocycles. The highest BCUT2D eigenvalue weighted by Gasteiger charge is 2.16. The second kappa shape index (κ2) is 9.18. The number of allylic oxidation sites excluding steroid dienone is 1. The van der Waals surface area contributed by atoms with Crippen molar-refractivity contribution in [2.75, 3.05) is 12.4 Å². The highest BCUT2D eigenvalue weighted by atomic mass is 35.5. The third-order valence-corrected chi connectivity index (χ3v) is 5.48. The molecular weight excluding hydrogens is 444 g/mol. The molecule has 0 radical (unpaired) electrons. The number of nitro groups is 1. The number of carbonyl (C=O) groups is 1. The molecular formula is C25H19ClN2O5. The van der Waals surface area contributed by atoms with Gasteiger partial charge < -0.3 is 14.5 Å². The fourth-order valence-electron chi connectivity index (χ4n) is 3.56. The van der Waals surface area contributed by atoms with Crippen molar-refractivity contribution in [1.82, 2.24) is 0 Å². The van der Waals surface area contributed by atoms with Crippen LogP contribution in [-0.4, -0.2) is 17.9 Å². The van der Waals surface area contributed by atoms with Crippen molar-refractivity contribution in [3.8, 4) is 16.9 Å². The van der Waals surface area contributed by atoms with Gasteiger partial charge in [0.25, 0.3) is 5.69 Å². The van der Waals surface area contributed by atoms with Gasteiger partial charge in [-0.2, -0.15) is 0 Å². The first kappa shape index (κ1) is 22.1. The molecule has 1 N–H and O–H groups in total. The SMILES string of the molecule is COc1cc2occ(-c3ccccc3)c2cc1/C(C)=C/C(=O)Nc1ccc(Cl)c([N+](=O)[O-])c1. The van der Waals surface area contributed by atoms with Gasteiger partial charge in [0.2, 0.25) is 5.91 Å². The largest absolute Gasteiger partial charge is 0.496 e. The summed E-state index contributed by atoms with van der Waals surface area (Å²) < 4.78 is 11.3. The lowest BCUT2D eigenvalue weighted by atomic mass is 9.99. The second-order valence-corrected chi connectivity index (χ2v) is 7.71. The first-order chi connectivity index (χ1) is 15.9. The molecule has 8 heteroatoms. The average molecular weight is 463 g/mol. The lowest BCUT2D eigenvalue weighted by molar-refractivity contribution is -0.384. The van der Waals surface area contributed by atoms with Gasteiger partial charge in [0, 0.05) is 40.4 Å². The number of benzene rings is 3. The summed E-state index contributed by atoms with van der Waals surface area (Å²) in [6.07, 6.45) is 3.11. The van der Waals surface area contributed by atoms with E-state index >= 15 is 0 Å². The van der Waals surface area contributed by atoms with E-state index in [4.69, 9.17) is 20.8 Å². The van der Waals surface area contributed by atoms with E-state index in [1.807, 2.05) is 36.4 Å². The van der Waals surface area contributed by atoms with Gasteiger partial charge in [-0.3, -0.25) is 14.9 Å². The first-order valence-electron chi connectivity index (χ1n) is 9.95. The van der Waals surface area contributed by atoms with Crippen molar-refractivity contribution in [1.29, 1.82) is 0 Å². The van der Waals surface area contributed by atoms with Crippen LogP contribution in [0.3, 0.4) is 0 Å². The third-order valence-electron chi connectivity index (χ3n) is 5.16. The number of rotatable bonds is 6. The summed E-state index contributed by atoms with van der Waals surface area (Å²) in [6.45, 7) is 1.79. The number of nitro benzene ring substituents is 1. The molecule has 0 aliphatic rings. The molecule has 3 aromatic carbocycles. The van der Waals surface area contributed by atoms with Gasteiger partial charge in [0.1, 0.15) is 16.4 Å². The van der Waals surface area contributed by atoms with Crippen LogP contribution in [-0.2, 0) is 4.79 Å². The van der Waals surface area contributed by atoms with E-state index in [0.29, 0.717) is 16.9 Å². The molecule has 0 bridgehead atoms. The Morgan fingerprint density at radius 2 is 1.91 bits per heavy atom. The Balaban J connectivity index is 1.68. The smallest absolute Gasteiger partial charge is 0.289 e. The van der Waals surface area contributed by atoms with Crippen LogP contribution in [0.1, 0.15) is 12.5 Å². The summed E-state index contributed by atoms with van der Waals surface area (Å²) in [7, 11) is 1.55. The lowest BCUT2D eigenvalue weighted by Crippen LogP contribution is -2.09. The predicted molar refractivity (Wildman–Crippen MR) is 129 cm³/mol. The Morgan fingerprint density at radius 1 is 1.15 bits per heavy atom. The summed E-state index contributed by atoms with van der Waals surface area (Å²) >= 11 is 5.83. The molecule has 166 valence electrons. The van der Waals surface area contributed by atoms with Crippen LogP contribution in [0.4, 0.5) is 11.4 Å². The highest BCUT2D eigenvalue weighted by Crippen LogP contribution is 2.37. The Morgan fingerprint density at radius 3 is 2.61 bits per heavy atom. The van der Waals surface area contributed by atoms with Gasteiger partial charge in [0.05, 0.1) is 18.3 Å². The fraction of sp³-hybridized carbons (Fsp3) is 0.0800. The second-order valence-electron chi connectivity index (χ2n) is 7.30. The molecule has 0 fully saturated rings. The summed E-state index contributed by atoms with van der Waals surface area (Å²) in [5.41, 5.74) is 3.96. The van der Waals surface area contributed by atoms with E-state index < -0.39 is 10.8 Å². The number of nitrogens with zero attached hydrogens (tertiary/aromatic N) is 1. The zero-order chi connectivity index (χ0) is 23.5. The van der Waals surface area contributed by atoms with Crippen molar-refractivity contribution in [2.24, 2.45) is 0 Å². The molecule has 33 heavy (non-hydrogen) atoms. The Kier molecular flexibility index (Phi) is 6.15. The van der Waals surface area contributed by atoms with Crippen LogP contribution >= 0.6 is 11.6 Å². The van der Waals surface area contributed by atoms with Crippen LogP contribution < -0.4 is 10.1 Å². The normalized spacial score (nSPS) is 11.4. The van der Waals surface area contributed by atoms with Gasteiger partial charge in [-0.25, -0.2) is 0 Å². The summed E-state index contributed by atoms with van der Waals surface area (Å²) in [5.74, 6) is 0.113. The molecule has 4 aromatic rings. The van der Waals surface area contributed by atoms with Crippen molar-refractivity contribution < 1.29 is 18.9 Å². The van der Waals surface area contributed by atoms with Gasteiger partial charge in [0.15, 0.2) is 0 Å². The zero-order valence-electron chi connectivity index (χ0n) is 17.8. The quantitative estimate of drug-likeness (QED) is 0.195. The van der Waals surface area contributed by atoms with Crippen LogP contribution in [0, 0.1) is 10.1 Å². The van der Waals surface area contributed by atoms with Gasteiger partial charge >= 0.3 is 0 Å². The van der Waals surface area contributed by atoms with E-state index in [1.54, 1.807) is 26.4 Å². The summed E-state index contributed by atoms with van der Waals surface area (Å²) in [6, 6.07) is 17.6. The third kappa shape index (κ3) is 4.58. The minimum Gasteiger partial charge on any atom is -0.496 e. The van der Waals surface area contributed by atoms with Crippen LogP contribution in [0.2, 0.25) is 5.02 Å². The number of fused-ring (bicyclic) bond motifs is 1. The van der Waals surface area contributed by atoms with Crippen molar-refractivity contribution >= 4 is 45.4 Å². The molecule has 4 rings (SSSR count). The van der Waals surface area contributed by atoms with E-state index in [-0.39, 0.29) is 16.4 Å². The monoisotopic (exact) mass is 462 g/mol.